The van der Waals surface area contributed by atoms with Gasteiger partial charge in [0.25, 0.3) is 0 Å². The van der Waals surface area contributed by atoms with E-state index in [1.54, 1.807) is 18.2 Å². The van der Waals surface area contributed by atoms with Gasteiger partial charge in [-0.25, -0.2) is 4.79 Å². The molecule has 2 rings (SSSR count). The fraction of sp³-hybridized carbons (Fsp3) is 0.200. The van der Waals surface area contributed by atoms with Crippen LogP contribution in [0.5, 0.6) is 11.5 Å². The molecule has 0 atom stereocenters. The number of hydrogen-bond acceptors (Lipinski definition) is 6. The Balaban J connectivity index is 2.38. The number of halogens is 1. The van der Waals surface area contributed by atoms with Crippen LogP contribution in [0.15, 0.2) is 27.8 Å². The molecule has 0 aliphatic carbocycles. The maximum atomic E-state index is 11.6. The van der Waals surface area contributed by atoms with Crippen molar-refractivity contribution in [3.05, 3.63) is 60.4 Å². The van der Waals surface area contributed by atoms with E-state index in [2.05, 4.69) is 20.9 Å². The predicted molar refractivity (Wildman–Crippen MR) is 95.5 cm³/mol. The molecule has 2 N–H and O–H groups in total. The first-order chi connectivity index (χ1) is 12.0. The SMILES string of the molecule is COc1cc(C=Cc2[nH]c(=O)[nH]c(=O)c2[N+](=O)[O-])ccc1OCCBr. The molecule has 0 spiro atoms. The fourth-order valence-electron chi connectivity index (χ4n) is 2.03. The Labute approximate surface area is 149 Å². The molecule has 1 aromatic heterocycles. The maximum absolute atomic E-state index is 11.6. The van der Waals surface area contributed by atoms with Gasteiger partial charge in [-0.3, -0.25) is 19.9 Å². The summed E-state index contributed by atoms with van der Waals surface area (Å²) in [5, 5.41) is 11.7. The number of rotatable bonds is 7. The van der Waals surface area contributed by atoms with Gasteiger partial charge in [0.15, 0.2) is 11.5 Å². The zero-order valence-electron chi connectivity index (χ0n) is 13.1. The van der Waals surface area contributed by atoms with Crippen molar-refractivity contribution in [3.8, 4) is 11.5 Å². The number of hydrogen-bond donors (Lipinski definition) is 2. The lowest BCUT2D eigenvalue weighted by Crippen LogP contribution is -2.25. The lowest BCUT2D eigenvalue weighted by atomic mass is 10.1. The van der Waals surface area contributed by atoms with Crippen molar-refractivity contribution in [2.75, 3.05) is 19.0 Å². The number of alkyl halides is 1. The van der Waals surface area contributed by atoms with Crippen LogP contribution in [0.3, 0.4) is 0 Å². The van der Waals surface area contributed by atoms with Gasteiger partial charge in [0.1, 0.15) is 5.69 Å². The Morgan fingerprint density at radius 2 is 2.00 bits per heavy atom. The van der Waals surface area contributed by atoms with E-state index in [1.807, 2.05) is 4.98 Å². The number of nitro groups is 1. The molecule has 10 heteroatoms. The molecule has 2 aromatic rings. The number of aromatic nitrogens is 2. The molecule has 1 heterocycles. The molecule has 132 valence electrons. The minimum atomic E-state index is -1.07. The van der Waals surface area contributed by atoms with Crippen molar-refractivity contribution < 1.29 is 14.4 Å². The molecule has 0 aliphatic rings. The molecule has 0 fully saturated rings. The van der Waals surface area contributed by atoms with E-state index in [9.17, 15) is 19.7 Å². The van der Waals surface area contributed by atoms with E-state index in [1.165, 1.54) is 19.3 Å². The van der Waals surface area contributed by atoms with Gasteiger partial charge < -0.3 is 14.5 Å². The van der Waals surface area contributed by atoms with Crippen LogP contribution in [0.25, 0.3) is 12.2 Å². The Morgan fingerprint density at radius 3 is 2.64 bits per heavy atom. The third kappa shape index (κ3) is 4.57. The molecule has 0 saturated carbocycles. The second-order valence-electron chi connectivity index (χ2n) is 4.71. The lowest BCUT2D eigenvalue weighted by Gasteiger charge is -2.10. The van der Waals surface area contributed by atoms with Crippen molar-refractivity contribution in [1.82, 2.24) is 9.97 Å². The summed E-state index contributed by atoms with van der Waals surface area (Å²) in [4.78, 5) is 37.1. The van der Waals surface area contributed by atoms with Crippen molar-refractivity contribution in [3.63, 3.8) is 0 Å². The van der Waals surface area contributed by atoms with Crippen LogP contribution < -0.4 is 20.7 Å². The van der Waals surface area contributed by atoms with Gasteiger partial charge in [0.2, 0.25) is 0 Å². The van der Waals surface area contributed by atoms with E-state index < -0.39 is 21.9 Å². The molecule has 0 bridgehead atoms. The Bertz CT molecular complexity index is 918. The third-order valence-corrected chi connectivity index (χ3v) is 3.42. The number of ether oxygens (including phenoxy) is 2. The predicted octanol–water partition coefficient (Wildman–Crippen LogP) is 1.92. The topological polar surface area (TPSA) is 127 Å². The minimum absolute atomic E-state index is 0.197. The summed E-state index contributed by atoms with van der Waals surface area (Å²) in [7, 11) is 1.49. The second-order valence-corrected chi connectivity index (χ2v) is 5.50. The van der Waals surface area contributed by atoms with Crippen LogP contribution in [0.4, 0.5) is 5.69 Å². The normalized spacial score (nSPS) is 10.8. The highest BCUT2D eigenvalue weighted by molar-refractivity contribution is 9.09. The zero-order chi connectivity index (χ0) is 18.4. The highest BCUT2D eigenvalue weighted by Crippen LogP contribution is 2.29. The summed E-state index contributed by atoms with van der Waals surface area (Å²) in [5.74, 6) is 1.03. The Morgan fingerprint density at radius 1 is 1.24 bits per heavy atom. The summed E-state index contributed by atoms with van der Waals surface area (Å²) >= 11 is 3.26. The minimum Gasteiger partial charge on any atom is -0.493 e. The number of H-pyrrole nitrogens is 2. The molecule has 0 saturated heterocycles. The number of benzene rings is 1. The third-order valence-electron chi connectivity index (χ3n) is 3.09. The molecule has 9 nitrogen and oxygen atoms in total. The molecular formula is C15H14BrN3O6. The Kier molecular flexibility index (Phi) is 6.12. The fourth-order valence-corrected chi connectivity index (χ4v) is 2.20. The van der Waals surface area contributed by atoms with Gasteiger partial charge in [-0.15, -0.1) is 0 Å². The Hall–Kier alpha value is -2.88. The van der Waals surface area contributed by atoms with Crippen molar-refractivity contribution in [2.45, 2.75) is 0 Å². The summed E-state index contributed by atoms with van der Waals surface area (Å²) in [5.41, 5.74) is -2.19. The van der Waals surface area contributed by atoms with Gasteiger partial charge in [-0.2, -0.15) is 0 Å². The first-order valence-corrected chi connectivity index (χ1v) is 8.14. The maximum Gasteiger partial charge on any atom is 0.357 e. The lowest BCUT2D eigenvalue weighted by molar-refractivity contribution is -0.386. The highest BCUT2D eigenvalue weighted by atomic mass is 79.9. The van der Waals surface area contributed by atoms with Crippen LogP contribution in [0, 0.1) is 10.1 Å². The van der Waals surface area contributed by atoms with Crippen LogP contribution in [-0.4, -0.2) is 33.9 Å². The summed E-state index contributed by atoms with van der Waals surface area (Å²) in [6, 6.07) is 5.06. The van der Waals surface area contributed by atoms with E-state index in [0.29, 0.717) is 29.0 Å². The quantitative estimate of drug-likeness (QED) is 0.406. The van der Waals surface area contributed by atoms with Gasteiger partial charge in [0.05, 0.1) is 18.6 Å². The van der Waals surface area contributed by atoms with Crippen LogP contribution in [0.2, 0.25) is 0 Å². The van der Waals surface area contributed by atoms with Crippen molar-refractivity contribution in [2.24, 2.45) is 0 Å². The van der Waals surface area contributed by atoms with E-state index in [0.717, 1.165) is 0 Å². The monoisotopic (exact) mass is 411 g/mol. The molecule has 0 unspecified atom stereocenters. The molecule has 0 aliphatic heterocycles. The second kappa shape index (κ2) is 8.29. The van der Waals surface area contributed by atoms with Gasteiger partial charge in [-0.1, -0.05) is 28.1 Å². The average Bonchev–Trinajstić information content (AvgIpc) is 2.57. The molecule has 25 heavy (non-hydrogen) atoms. The summed E-state index contributed by atoms with van der Waals surface area (Å²) in [6.45, 7) is 0.464. The standard InChI is InChI=1S/C15H14BrN3O6/c1-24-12-8-9(3-5-11(12)25-7-6-16)2-4-10-13(19(22)23)14(20)18-15(21)17-10/h2-5,8H,6-7H2,1H3,(H2,17,18,20,21). The van der Waals surface area contributed by atoms with E-state index in [4.69, 9.17) is 9.47 Å². The number of nitrogens with one attached hydrogen (secondary N) is 2. The van der Waals surface area contributed by atoms with Crippen molar-refractivity contribution >= 4 is 33.8 Å². The number of methoxy groups -OCH3 is 1. The van der Waals surface area contributed by atoms with Crippen LogP contribution in [-0.2, 0) is 0 Å². The van der Waals surface area contributed by atoms with Crippen LogP contribution >= 0.6 is 15.9 Å². The van der Waals surface area contributed by atoms with Crippen molar-refractivity contribution in [1.29, 1.82) is 0 Å². The molecule has 1 aromatic carbocycles. The summed E-state index contributed by atoms with van der Waals surface area (Å²) in [6.07, 6.45) is 2.79. The van der Waals surface area contributed by atoms with Crippen LogP contribution in [0.1, 0.15) is 11.3 Å². The van der Waals surface area contributed by atoms with Gasteiger partial charge in [0, 0.05) is 5.33 Å². The number of aromatic amines is 2. The molecular weight excluding hydrogens is 398 g/mol. The van der Waals surface area contributed by atoms with E-state index in [-0.39, 0.29) is 5.69 Å². The largest absolute Gasteiger partial charge is 0.493 e. The van der Waals surface area contributed by atoms with Gasteiger partial charge >= 0.3 is 16.9 Å². The first kappa shape index (κ1) is 18.5. The average molecular weight is 412 g/mol. The number of nitrogens with zero attached hydrogens (tertiary/aromatic N) is 1. The highest BCUT2D eigenvalue weighted by Gasteiger charge is 2.18. The molecule has 0 radical (unpaired) electrons. The summed E-state index contributed by atoms with van der Waals surface area (Å²) < 4.78 is 10.7. The smallest absolute Gasteiger partial charge is 0.357 e. The molecule has 0 amide bonds. The van der Waals surface area contributed by atoms with Gasteiger partial charge in [-0.05, 0) is 23.8 Å². The zero-order valence-corrected chi connectivity index (χ0v) is 14.7. The first-order valence-electron chi connectivity index (χ1n) is 7.02. The van der Waals surface area contributed by atoms with E-state index >= 15 is 0 Å².